The molecule has 2 nitrogen and oxygen atoms in total. The molecule has 1 saturated carbocycles. The number of hydrogen-bond acceptors (Lipinski definition) is 2. The van der Waals surface area contributed by atoms with E-state index in [2.05, 4.69) is 12.2 Å². The lowest BCUT2D eigenvalue weighted by atomic mass is 9.72. The van der Waals surface area contributed by atoms with Gasteiger partial charge in [-0.1, -0.05) is 12.2 Å². The maximum Gasteiger partial charge on any atom is 0.163 e. The molecule has 3 rings (SSSR count). The smallest absolute Gasteiger partial charge is 0.163 e. The van der Waals surface area contributed by atoms with E-state index in [0.29, 0.717) is 17.4 Å². The van der Waals surface area contributed by atoms with Gasteiger partial charge in [-0.3, -0.25) is 9.59 Å². The molecular weight excluding hydrogens is 176 g/mol. The molecule has 0 aliphatic heterocycles. The second-order valence-corrected chi connectivity index (χ2v) is 4.59. The normalized spacial score (nSPS) is 44.2. The first-order valence-electron chi connectivity index (χ1n) is 5.13. The predicted octanol–water partition coefficient (Wildman–Crippen LogP) is 1.52. The van der Waals surface area contributed by atoms with Gasteiger partial charge in [0.15, 0.2) is 11.6 Å². The summed E-state index contributed by atoms with van der Waals surface area (Å²) in [4.78, 5) is 23.6. The zero-order valence-electron chi connectivity index (χ0n) is 8.07. The first-order valence-corrected chi connectivity index (χ1v) is 5.13. The van der Waals surface area contributed by atoms with E-state index in [1.165, 1.54) is 6.08 Å². The van der Waals surface area contributed by atoms with Crippen LogP contribution in [0.3, 0.4) is 0 Å². The fourth-order valence-corrected chi connectivity index (χ4v) is 3.21. The number of rotatable bonds is 0. The van der Waals surface area contributed by atoms with Crippen LogP contribution in [0.2, 0.25) is 0 Å². The van der Waals surface area contributed by atoms with Gasteiger partial charge in [-0.15, -0.1) is 0 Å². The van der Waals surface area contributed by atoms with E-state index < -0.39 is 0 Å². The van der Waals surface area contributed by atoms with E-state index >= 15 is 0 Å². The summed E-state index contributed by atoms with van der Waals surface area (Å²) in [6, 6.07) is 0. The third-order valence-corrected chi connectivity index (χ3v) is 3.84. The van der Waals surface area contributed by atoms with Gasteiger partial charge in [-0.25, -0.2) is 0 Å². The van der Waals surface area contributed by atoms with Crippen molar-refractivity contribution in [1.29, 1.82) is 0 Å². The highest BCUT2D eigenvalue weighted by atomic mass is 16.1. The summed E-state index contributed by atoms with van der Waals surface area (Å²) in [5, 5.41) is 0. The molecule has 0 spiro atoms. The Morgan fingerprint density at radius 2 is 1.79 bits per heavy atom. The first kappa shape index (κ1) is 8.16. The van der Waals surface area contributed by atoms with E-state index in [1.54, 1.807) is 6.92 Å². The maximum absolute atomic E-state index is 11.9. The average Bonchev–Trinajstić information content (AvgIpc) is 2.73. The topological polar surface area (TPSA) is 34.1 Å². The molecule has 0 N–H and O–H groups in total. The van der Waals surface area contributed by atoms with E-state index in [1.807, 2.05) is 0 Å². The molecule has 0 unspecified atom stereocenters. The Morgan fingerprint density at radius 3 is 2.50 bits per heavy atom. The van der Waals surface area contributed by atoms with Gasteiger partial charge in [0.05, 0.1) is 0 Å². The van der Waals surface area contributed by atoms with Crippen LogP contribution in [0.1, 0.15) is 13.3 Å². The van der Waals surface area contributed by atoms with Gasteiger partial charge in [0.25, 0.3) is 0 Å². The summed E-state index contributed by atoms with van der Waals surface area (Å²) < 4.78 is 0. The van der Waals surface area contributed by atoms with E-state index in [0.717, 1.165) is 6.42 Å². The molecule has 3 aliphatic rings. The van der Waals surface area contributed by atoms with Gasteiger partial charge >= 0.3 is 0 Å². The minimum atomic E-state index is -0.0267. The number of allylic oxidation sites excluding steroid dienone is 4. The molecule has 14 heavy (non-hydrogen) atoms. The molecule has 0 heterocycles. The molecule has 1 fully saturated rings. The van der Waals surface area contributed by atoms with Crippen molar-refractivity contribution >= 4 is 11.6 Å². The Balaban J connectivity index is 2.10. The van der Waals surface area contributed by atoms with Crippen molar-refractivity contribution < 1.29 is 9.59 Å². The quantitative estimate of drug-likeness (QED) is 0.540. The van der Waals surface area contributed by atoms with Crippen molar-refractivity contribution in [2.75, 3.05) is 0 Å². The van der Waals surface area contributed by atoms with Crippen LogP contribution in [-0.4, -0.2) is 11.6 Å². The molecule has 72 valence electrons. The van der Waals surface area contributed by atoms with Gasteiger partial charge in [-0.2, -0.15) is 0 Å². The zero-order valence-corrected chi connectivity index (χ0v) is 8.07. The average molecular weight is 188 g/mol. The predicted molar refractivity (Wildman–Crippen MR) is 51.5 cm³/mol. The summed E-state index contributed by atoms with van der Waals surface area (Å²) >= 11 is 0. The van der Waals surface area contributed by atoms with Crippen LogP contribution in [0.5, 0.6) is 0 Å². The molecule has 0 amide bonds. The Hall–Kier alpha value is -1.18. The van der Waals surface area contributed by atoms with Crippen LogP contribution in [-0.2, 0) is 9.59 Å². The molecule has 2 bridgehead atoms. The third-order valence-electron chi connectivity index (χ3n) is 3.84. The minimum Gasteiger partial charge on any atom is -0.294 e. The number of ketones is 2. The Labute approximate surface area is 82.7 Å². The van der Waals surface area contributed by atoms with Crippen molar-refractivity contribution in [2.24, 2.45) is 23.7 Å². The standard InChI is InChI=1S/C12H12O2/c1-6-4-9(13)10-7-2-3-8(5-7)11(10)12(6)14/h2-4,7-8,10-11H,5H2,1H3/t7-,8+,10+,11+/m0/s1. The van der Waals surface area contributed by atoms with Crippen LogP contribution in [0, 0.1) is 23.7 Å². The lowest BCUT2D eigenvalue weighted by Gasteiger charge is -2.28. The maximum atomic E-state index is 11.9. The van der Waals surface area contributed by atoms with Gasteiger partial charge in [0.2, 0.25) is 0 Å². The number of carbonyl (C=O) groups is 2. The van der Waals surface area contributed by atoms with Crippen molar-refractivity contribution in [2.45, 2.75) is 13.3 Å². The molecule has 4 atom stereocenters. The largest absolute Gasteiger partial charge is 0.294 e. The Bertz CT molecular complexity index is 389. The highest BCUT2D eigenvalue weighted by molar-refractivity contribution is 6.11. The van der Waals surface area contributed by atoms with E-state index in [9.17, 15) is 9.59 Å². The van der Waals surface area contributed by atoms with Crippen molar-refractivity contribution in [3.05, 3.63) is 23.8 Å². The minimum absolute atomic E-state index is 0.0255. The van der Waals surface area contributed by atoms with Crippen LogP contribution >= 0.6 is 0 Å². The van der Waals surface area contributed by atoms with Crippen molar-refractivity contribution in [3.63, 3.8) is 0 Å². The first-order chi connectivity index (χ1) is 6.68. The molecule has 3 aliphatic carbocycles. The summed E-state index contributed by atoms with van der Waals surface area (Å²) in [6.07, 6.45) is 6.78. The Morgan fingerprint density at radius 1 is 1.14 bits per heavy atom. The molecule has 0 saturated heterocycles. The molecule has 0 aromatic rings. The lowest BCUT2D eigenvalue weighted by Crippen LogP contribution is -2.36. The van der Waals surface area contributed by atoms with E-state index in [4.69, 9.17) is 0 Å². The highest BCUT2D eigenvalue weighted by Gasteiger charge is 2.52. The number of hydrogen-bond donors (Lipinski definition) is 0. The van der Waals surface area contributed by atoms with Crippen LogP contribution < -0.4 is 0 Å². The van der Waals surface area contributed by atoms with Crippen LogP contribution in [0.15, 0.2) is 23.8 Å². The van der Waals surface area contributed by atoms with Gasteiger partial charge in [-0.05, 0) is 36.8 Å². The second kappa shape index (κ2) is 2.44. The highest BCUT2D eigenvalue weighted by Crippen LogP contribution is 2.51. The van der Waals surface area contributed by atoms with Gasteiger partial charge in [0, 0.05) is 11.8 Å². The van der Waals surface area contributed by atoms with Crippen LogP contribution in [0.4, 0.5) is 0 Å². The number of carbonyl (C=O) groups excluding carboxylic acids is 2. The van der Waals surface area contributed by atoms with E-state index in [-0.39, 0.29) is 23.4 Å². The third kappa shape index (κ3) is 0.813. The van der Waals surface area contributed by atoms with Gasteiger partial charge < -0.3 is 0 Å². The fraction of sp³-hybridized carbons (Fsp3) is 0.500. The van der Waals surface area contributed by atoms with Crippen LogP contribution in [0.25, 0.3) is 0 Å². The second-order valence-electron chi connectivity index (χ2n) is 4.59. The SMILES string of the molecule is CC1=CC(=O)[C@@H]2[C@H](C1=O)[C@@H]1C=C[C@H]2C1. The molecule has 0 radical (unpaired) electrons. The summed E-state index contributed by atoms with van der Waals surface area (Å²) in [5.41, 5.74) is 0.650. The fourth-order valence-electron chi connectivity index (χ4n) is 3.21. The number of fused-ring (bicyclic) bond motifs is 5. The number of Topliss-reactive ketones (excluding diaryl/α,β-unsaturated/α-hetero) is 1. The zero-order chi connectivity index (χ0) is 9.87. The molecule has 0 aromatic carbocycles. The Kier molecular flexibility index (Phi) is 1.42. The monoisotopic (exact) mass is 188 g/mol. The summed E-state index contributed by atoms with van der Waals surface area (Å²) in [5.74, 6) is 0.995. The molecule has 0 aromatic heterocycles. The molecule has 2 heteroatoms. The summed E-state index contributed by atoms with van der Waals surface area (Å²) in [7, 11) is 0. The van der Waals surface area contributed by atoms with Crippen molar-refractivity contribution in [3.8, 4) is 0 Å². The lowest BCUT2D eigenvalue weighted by molar-refractivity contribution is -0.130. The summed E-state index contributed by atoms with van der Waals surface area (Å²) in [6.45, 7) is 1.76. The van der Waals surface area contributed by atoms with Gasteiger partial charge in [0.1, 0.15) is 0 Å². The molecular formula is C12H12O2. The van der Waals surface area contributed by atoms with Crippen molar-refractivity contribution in [1.82, 2.24) is 0 Å².